The minimum Gasteiger partial charge on any atom is -0.391 e. The summed E-state index contributed by atoms with van der Waals surface area (Å²) in [5, 5.41) is 9.88. The van der Waals surface area contributed by atoms with Gasteiger partial charge in [0.25, 0.3) is 5.91 Å². The standard InChI is InChI=1S/C16H24N2O2S/c1-17(2)9-14-8-15(19)10-18(14)16(20)13-6-4-12(5-7-13)11-21-3/h4-7,14-15,19H,8-11H2,1-3H3. The Kier molecular flexibility index (Phi) is 5.67. The number of amides is 1. The molecular weight excluding hydrogens is 284 g/mol. The molecule has 2 unspecified atom stereocenters. The summed E-state index contributed by atoms with van der Waals surface area (Å²) in [6.45, 7) is 1.22. The molecule has 1 aliphatic heterocycles. The highest BCUT2D eigenvalue weighted by Gasteiger charge is 2.34. The van der Waals surface area contributed by atoms with Gasteiger partial charge in [0.1, 0.15) is 0 Å². The lowest BCUT2D eigenvalue weighted by Crippen LogP contribution is -2.41. The number of β-amino-alcohol motifs (C(OH)–C–C–N with tert-alkyl or cyclic N) is 1. The number of benzene rings is 1. The minimum absolute atomic E-state index is 0.0223. The summed E-state index contributed by atoms with van der Waals surface area (Å²) in [6.07, 6.45) is 2.32. The maximum Gasteiger partial charge on any atom is 0.254 e. The van der Waals surface area contributed by atoms with Crippen molar-refractivity contribution in [2.45, 2.75) is 24.3 Å². The van der Waals surface area contributed by atoms with Crippen LogP contribution >= 0.6 is 11.8 Å². The Morgan fingerprint density at radius 1 is 1.38 bits per heavy atom. The van der Waals surface area contributed by atoms with Crippen LogP contribution in [0.2, 0.25) is 0 Å². The first-order valence-electron chi connectivity index (χ1n) is 7.23. The Morgan fingerprint density at radius 3 is 2.62 bits per heavy atom. The van der Waals surface area contributed by atoms with Crippen molar-refractivity contribution >= 4 is 17.7 Å². The van der Waals surface area contributed by atoms with Gasteiger partial charge in [0.05, 0.1) is 6.10 Å². The molecule has 0 aliphatic carbocycles. The number of carbonyl (C=O) groups excluding carboxylic acids is 1. The van der Waals surface area contributed by atoms with Crippen molar-refractivity contribution in [1.82, 2.24) is 9.80 Å². The van der Waals surface area contributed by atoms with Gasteiger partial charge in [-0.2, -0.15) is 11.8 Å². The molecule has 0 bridgehead atoms. The zero-order valence-electron chi connectivity index (χ0n) is 13.0. The molecule has 5 heteroatoms. The van der Waals surface area contributed by atoms with Crippen LogP contribution < -0.4 is 0 Å². The molecule has 1 aliphatic rings. The predicted molar refractivity (Wildman–Crippen MR) is 87.7 cm³/mol. The van der Waals surface area contributed by atoms with Crippen LogP contribution in [0.5, 0.6) is 0 Å². The molecule has 0 aromatic heterocycles. The summed E-state index contributed by atoms with van der Waals surface area (Å²) >= 11 is 1.77. The van der Waals surface area contributed by atoms with E-state index in [0.717, 1.165) is 12.3 Å². The molecule has 1 fully saturated rings. The lowest BCUT2D eigenvalue weighted by Gasteiger charge is -2.27. The second kappa shape index (κ2) is 7.29. The summed E-state index contributed by atoms with van der Waals surface area (Å²) in [4.78, 5) is 16.5. The first-order valence-corrected chi connectivity index (χ1v) is 8.62. The van der Waals surface area contributed by atoms with E-state index < -0.39 is 6.10 Å². The first kappa shape index (κ1) is 16.3. The van der Waals surface area contributed by atoms with Crippen LogP contribution in [0.25, 0.3) is 0 Å². The van der Waals surface area contributed by atoms with Crippen LogP contribution in [0.1, 0.15) is 22.3 Å². The molecule has 116 valence electrons. The van der Waals surface area contributed by atoms with E-state index in [1.807, 2.05) is 43.3 Å². The van der Waals surface area contributed by atoms with Crippen LogP contribution in [-0.2, 0) is 5.75 Å². The van der Waals surface area contributed by atoms with Crippen molar-refractivity contribution in [2.75, 3.05) is 33.4 Å². The fourth-order valence-electron chi connectivity index (χ4n) is 2.81. The van der Waals surface area contributed by atoms with E-state index in [1.165, 1.54) is 5.56 Å². The number of aliphatic hydroxyl groups is 1. The summed E-state index contributed by atoms with van der Waals surface area (Å²) < 4.78 is 0. The third-order valence-electron chi connectivity index (χ3n) is 3.74. The van der Waals surface area contributed by atoms with Crippen molar-refractivity contribution in [3.63, 3.8) is 0 Å². The average molecular weight is 308 g/mol. The zero-order valence-corrected chi connectivity index (χ0v) is 13.8. The molecule has 2 atom stereocenters. The summed E-state index contributed by atoms with van der Waals surface area (Å²) in [6, 6.07) is 7.90. The van der Waals surface area contributed by atoms with E-state index >= 15 is 0 Å². The number of hydrogen-bond donors (Lipinski definition) is 1. The highest BCUT2D eigenvalue weighted by Crippen LogP contribution is 2.21. The Bertz CT molecular complexity index is 476. The van der Waals surface area contributed by atoms with Crippen LogP contribution in [-0.4, -0.2) is 66.4 Å². The molecule has 0 spiro atoms. The molecule has 4 nitrogen and oxygen atoms in total. The van der Waals surface area contributed by atoms with Crippen LogP contribution in [0.3, 0.4) is 0 Å². The van der Waals surface area contributed by atoms with Crippen molar-refractivity contribution in [1.29, 1.82) is 0 Å². The molecule has 0 radical (unpaired) electrons. The van der Waals surface area contributed by atoms with Gasteiger partial charge in [-0.3, -0.25) is 4.79 Å². The smallest absolute Gasteiger partial charge is 0.254 e. The Balaban J connectivity index is 2.10. The molecule has 2 rings (SSSR count). The number of thioether (sulfide) groups is 1. The van der Waals surface area contributed by atoms with Gasteiger partial charge in [0.2, 0.25) is 0 Å². The van der Waals surface area contributed by atoms with Crippen LogP contribution in [0.4, 0.5) is 0 Å². The highest BCUT2D eigenvalue weighted by molar-refractivity contribution is 7.97. The topological polar surface area (TPSA) is 43.8 Å². The van der Waals surface area contributed by atoms with Gasteiger partial charge < -0.3 is 14.9 Å². The maximum absolute atomic E-state index is 12.6. The van der Waals surface area contributed by atoms with Crippen molar-refractivity contribution in [3.05, 3.63) is 35.4 Å². The first-order chi connectivity index (χ1) is 10.0. The van der Waals surface area contributed by atoms with Gasteiger partial charge in [-0.05, 0) is 44.5 Å². The fraction of sp³-hybridized carbons (Fsp3) is 0.562. The lowest BCUT2D eigenvalue weighted by atomic mass is 10.1. The number of nitrogens with zero attached hydrogens (tertiary/aromatic N) is 2. The maximum atomic E-state index is 12.6. The largest absolute Gasteiger partial charge is 0.391 e. The average Bonchev–Trinajstić information content (AvgIpc) is 2.79. The molecule has 1 amide bonds. The summed E-state index contributed by atoms with van der Waals surface area (Å²) in [7, 11) is 3.98. The van der Waals surface area contributed by atoms with E-state index in [4.69, 9.17) is 0 Å². The molecule has 1 heterocycles. The molecular formula is C16H24N2O2S. The Labute approximate surface area is 131 Å². The zero-order chi connectivity index (χ0) is 15.4. The summed E-state index contributed by atoms with van der Waals surface area (Å²) in [5.74, 6) is 0.981. The number of likely N-dealkylation sites (tertiary alicyclic amines) is 1. The molecule has 1 aromatic rings. The normalized spacial score (nSPS) is 22.0. The number of hydrogen-bond acceptors (Lipinski definition) is 4. The lowest BCUT2D eigenvalue weighted by molar-refractivity contribution is 0.0699. The number of likely N-dealkylation sites (N-methyl/N-ethyl adjacent to an activating group) is 1. The number of aliphatic hydroxyl groups excluding tert-OH is 1. The quantitative estimate of drug-likeness (QED) is 0.899. The molecule has 0 saturated carbocycles. The van der Waals surface area contributed by atoms with Gasteiger partial charge >= 0.3 is 0 Å². The van der Waals surface area contributed by atoms with E-state index in [1.54, 1.807) is 11.8 Å². The molecule has 1 N–H and O–H groups in total. The number of carbonyl (C=O) groups is 1. The number of rotatable bonds is 5. The third-order valence-corrected chi connectivity index (χ3v) is 4.36. The third kappa shape index (κ3) is 4.22. The van der Waals surface area contributed by atoms with E-state index in [2.05, 4.69) is 11.2 Å². The van der Waals surface area contributed by atoms with Gasteiger partial charge in [0, 0.05) is 30.4 Å². The molecule has 21 heavy (non-hydrogen) atoms. The van der Waals surface area contributed by atoms with Crippen molar-refractivity contribution in [2.24, 2.45) is 0 Å². The summed E-state index contributed by atoms with van der Waals surface area (Å²) in [5.41, 5.74) is 1.93. The van der Waals surface area contributed by atoms with Gasteiger partial charge in [0.15, 0.2) is 0 Å². The van der Waals surface area contributed by atoms with Crippen molar-refractivity contribution in [3.8, 4) is 0 Å². The van der Waals surface area contributed by atoms with E-state index in [9.17, 15) is 9.90 Å². The van der Waals surface area contributed by atoms with Gasteiger partial charge in [-0.15, -0.1) is 0 Å². The predicted octanol–water partition coefficient (Wildman–Crippen LogP) is 1.69. The molecule has 1 aromatic carbocycles. The second-order valence-corrected chi connectivity index (χ2v) is 6.76. The SMILES string of the molecule is CSCc1ccc(C(=O)N2CC(O)CC2CN(C)C)cc1. The van der Waals surface area contributed by atoms with Gasteiger partial charge in [-0.25, -0.2) is 0 Å². The minimum atomic E-state index is -0.408. The fourth-order valence-corrected chi connectivity index (χ4v) is 3.34. The van der Waals surface area contributed by atoms with Crippen LogP contribution in [0, 0.1) is 0 Å². The highest BCUT2D eigenvalue weighted by atomic mass is 32.2. The Hall–Kier alpha value is -1.04. The monoisotopic (exact) mass is 308 g/mol. The molecule has 1 saturated heterocycles. The Morgan fingerprint density at radius 2 is 2.05 bits per heavy atom. The van der Waals surface area contributed by atoms with Gasteiger partial charge in [-0.1, -0.05) is 12.1 Å². The van der Waals surface area contributed by atoms with Crippen molar-refractivity contribution < 1.29 is 9.90 Å². The second-order valence-electron chi connectivity index (χ2n) is 5.89. The van der Waals surface area contributed by atoms with Crippen LogP contribution in [0.15, 0.2) is 24.3 Å². The van der Waals surface area contributed by atoms with E-state index in [-0.39, 0.29) is 11.9 Å². The van der Waals surface area contributed by atoms with E-state index in [0.29, 0.717) is 18.5 Å².